The third-order valence-corrected chi connectivity index (χ3v) is 6.53. The SMILES string of the molecule is Cc1cc(/C(O)=C2\C(=O)C(=O)N(CCN3CCOCC3)C2c2ccc(O)cc2)ccc1OCC(C)C. The van der Waals surface area contributed by atoms with Crippen molar-refractivity contribution in [2.24, 2.45) is 5.92 Å². The lowest BCUT2D eigenvalue weighted by Crippen LogP contribution is -2.42. The third-order valence-electron chi connectivity index (χ3n) is 6.53. The number of nitrogens with zero attached hydrogens (tertiary/aromatic N) is 2. The maximum absolute atomic E-state index is 13.2. The quantitative estimate of drug-likeness (QED) is 0.329. The molecule has 0 radical (unpaired) electrons. The van der Waals surface area contributed by atoms with Crippen LogP contribution in [0.4, 0.5) is 0 Å². The number of hydrogen-bond acceptors (Lipinski definition) is 7. The van der Waals surface area contributed by atoms with Crippen LogP contribution in [0, 0.1) is 12.8 Å². The third kappa shape index (κ3) is 5.55. The molecule has 1 atom stereocenters. The molecule has 1 unspecified atom stereocenters. The molecule has 0 bridgehead atoms. The molecule has 192 valence electrons. The summed E-state index contributed by atoms with van der Waals surface area (Å²) in [6.45, 7) is 10.3. The number of rotatable bonds is 8. The average molecular weight is 495 g/mol. The molecular weight excluding hydrogens is 460 g/mol. The van der Waals surface area contributed by atoms with Gasteiger partial charge in [-0.1, -0.05) is 26.0 Å². The molecule has 36 heavy (non-hydrogen) atoms. The predicted molar refractivity (Wildman–Crippen MR) is 136 cm³/mol. The summed E-state index contributed by atoms with van der Waals surface area (Å²) in [6.07, 6.45) is 0. The van der Waals surface area contributed by atoms with Crippen molar-refractivity contribution in [2.75, 3.05) is 46.0 Å². The Morgan fingerprint density at radius 2 is 1.78 bits per heavy atom. The van der Waals surface area contributed by atoms with E-state index in [-0.39, 0.29) is 17.1 Å². The summed E-state index contributed by atoms with van der Waals surface area (Å²) in [5, 5.41) is 21.1. The van der Waals surface area contributed by atoms with E-state index in [1.54, 1.807) is 30.3 Å². The summed E-state index contributed by atoms with van der Waals surface area (Å²) in [4.78, 5) is 30.1. The van der Waals surface area contributed by atoms with E-state index in [2.05, 4.69) is 18.7 Å². The lowest BCUT2D eigenvalue weighted by atomic mass is 9.94. The first kappa shape index (κ1) is 25.7. The van der Waals surface area contributed by atoms with E-state index >= 15 is 0 Å². The number of hydrogen-bond donors (Lipinski definition) is 2. The topological polar surface area (TPSA) is 99.5 Å². The average Bonchev–Trinajstić information content (AvgIpc) is 3.12. The Labute approximate surface area is 211 Å². The number of benzene rings is 2. The fourth-order valence-electron chi connectivity index (χ4n) is 4.56. The first-order valence-corrected chi connectivity index (χ1v) is 12.4. The highest BCUT2D eigenvalue weighted by Crippen LogP contribution is 2.40. The minimum absolute atomic E-state index is 0.0444. The minimum atomic E-state index is -0.760. The van der Waals surface area contributed by atoms with Gasteiger partial charge in [0.05, 0.1) is 31.4 Å². The van der Waals surface area contributed by atoms with Crippen LogP contribution in [0.5, 0.6) is 11.5 Å². The van der Waals surface area contributed by atoms with Crippen molar-refractivity contribution >= 4 is 17.4 Å². The Morgan fingerprint density at radius 3 is 2.42 bits per heavy atom. The van der Waals surface area contributed by atoms with Crippen molar-refractivity contribution in [3.05, 3.63) is 64.7 Å². The molecule has 2 saturated heterocycles. The highest BCUT2D eigenvalue weighted by molar-refractivity contribution is 6.46. The molecule has 0 saturated carbocycles. The summed E-state index contributed by atoms with van der Waals surface area (Å²) >= 11 is 0. The number of phenols is 1. The number of aliphatic hydroxyl groups is 1. The number of morpholine rings is 1. The molecule has 2 aliphatic rings. The van der Waals surface area contributed by atoms with E-state index in [4.69, 9.17) is 9.47 Å². The second kappa shape index (κ2) is 11.1. The number of carbonyl (C=O) groups is 2. The van der Waals surface area contributed by atoms with Crippen LogP contribution in [0.1, 0.15) is 36.6 Å². The van der Waals surface area contributed by atoms with Crippen LogP contribution in [-0.2, 0) is 14.3 Å². The number of amides is 1. The lowest BCUT2D eigenvalue weighted by Gasteiger charge is -2.31. The van der Waals surface area contributed by atoms with Crippen molar-refractivity contribution in [3.8, 4) is 11.5 Å². The van der Waals surface area contributed by atoms with Gasteiger partial charge in [0.2, 0.25) is 0 Å². The smallest absolute Gasteiger partial charge is 0.295 e. The van der Waals surface area contributed by atoms with Gasteiger partial charge in [-0.05, 0) is 54.3 Å². The van der Waals surface area contributed by atoms with Crippen molar-refractivity contribution in [2.45, 2.75) is 26.8 Å². The van der Waals surface area contributed by atoms with E-state index in [1.165, 1.54) is 17.0 Å². The first-order chi connectivity index (χ1) is 17.3. The summed E-state index contributed by atoms with van der Waals surface area (Å²) in [7, 11) is 0. The molecule has 2 fully saturated rings. The number of aryl methyl sites for hydroxylation is 1. The molecular formula is C28H34N2O6. The van der Waals surface area contributed by atoms with Crippen LogP contribution < -0.4 is 4.74 Å². The number of Topliss-reactive ketones (excluding diaryl/α,β-unsaturated/α-hetero) is 1. The monoisotopic (exact) mass is 494 g/mol. The van der Waals surface area contributed by atoms with Crippen LogP contribution >= 0.6 is 0 Å². The summed E-state index contributed by atoms with van der Waals surface area (Å²) in [5.74, 6) is -0.421. The Kier molecular flexibility index (Phi) is 7.96. The van der Waals surface area contributed by atoms with Crippen LogP contribution in [-0.4, -0.2) is 77.7 Å². The van der Waals surface area contributed by atoms with Crippen LogP contribution in [0.25, 0.3) is 5.76 Å². The summed E-state index contributed by atoms with van der Waals surface area (Å²) in [6, 6.07) is 10.9. The number of likely N-dealkylation sites (tertiary alicyclic amines) is 1. The van der Waals surface area contributed by atoms with E-state index in [0.717, 1.165) is 18.7 Å². The molecule has 0 aromatic heterocycles. The zero-order valence-electron chi connectivity index (χ0n) is 21.1. The Bertz CT molecular complexity index is 1140. The number of aliphatic hydroxyl groups excluding tert-OH is 1. The maximum Gasteiger partial charge on any atom is 0.295 e. The van der Waals surface area contributed by atoms with E-state index < -0.39 is 17.7 Å². The molecule has 0 aliphatic carbocycles. The van der Waals surface area contributed by atoms with Gasteiger partial charge in [-0.3, -0.25) is 14.5 Å². The Hall–Kier alpha value is -3.36. The number of carbonyl (C=O) groups excluding carboxylic acids is 2. The second-order valence-electron chi connectivity index (χ2n) is 9.72. The van der Waals surface area contributed by atoms with Gasteiger partial charge in [0.1, 0.15) is 17.3 Å². The fourth-order valence-corrected chi connectivity index (χ4v) is 4.56. The van der Waals surface area contributed by atoms with Gasteiger partial charge in [-0.25, -0.2) is 0 Å². The highest BCUT2D eigenvalue weighted by atomic mass is 16.5. The largest absolute Gasteiger partial charge is 0.508 e. The van der Waals surface area contributed by atoms with Crippen molar-refractivity contribution in [1.29, 1.82) is 0 Å². The molecule has 2 aliphatic heterocycles. The zero-order valence-corrected chi connectivity index (χ0v) is 21.1. The van der Waals surface area contributed by atoms with Gasteiger partial charge in [-0.15, -0.1) is 0 Å². The van der Waals surface area contributed by atoms with Gasteiger partial charge < -0.3 is 24.6 Å². The van der Waals surface area contributed by atoms with Gasteiger partial charge >= 0.3 is 0 Å². The number of ether oxygens (including phenoxy) is 2. The number of phenolic OH excluding ortho intramolecular Hbond substituents is 1. The first-order valence-electron chi connectivity index (χ1n) is 12.4. The molecule has 1 amide bonds. The summed E-state index contributed by atoms with van der Waals surface area (Å²) < 4.78 is 11.2. The predicted octanol–water partition coefficient (Wildman–Crippen LogP) is 3.49. The molecule has 8 heteroatoms. The van der Waals surface area contributed by atoms with Gasteiger partial charge in [0.25, 0.3) is 11.7 Å². The van der Waals surface area contributed by atoms with Crippen LogP contribution in [0.3, 0.4) is 0 Å². The molecule has 2 heterocycles. The van der Waals surface area contributed by atoms with Crippen molar-refractivity contribution < 1.29 is 29.3 Å². The van der Waals surface area contributed by atoms with E-state index in [9.17, 15) is 19.8 Å². The molecule has 2 N–H and O–H groups in total. The summed E-state index contributed by atoms with van der Waals surface area (Å²) in [5.41, 5.74) is 1.95. The van der Waals surface area contributed by atoms with Crippen molar-refractivity contribution in [1.82, 2.24) is 9.80 Å². The van der Waals surface area contributed by atoms with Gasteiger partial charge in [0, 0.05) is 31.7 Å². The van der Waals surface area contributed by atoms with Crippen molar-refractivity contribution in [3.63, 3.8) is 0 Å². The Balaban J connectivity index is 1.69. The highest BCUT2D eigenvalue weighted by Gasteiger charge is 2.46. The fraction of sp³-hybridized carbons (Fsp3) is 0.429. The van der Waals surface area contributed by atoms with Gasteiger partial charge in [-0.2, -0.15) is 0 Å². The molecule has 2 aromatic carbocycles. The minimum Gasteiger partial charge on any atom is -0.508 e. The van der Waals surface area contributed by atoms with Gasteiger partial charge in [0.15, 0.2) is 0 Å². The van der Waals surface area contributed by atoms with E-state index in [0.29, 0.717) is 55.7 Å². The second-order valence-corrected chi connectivity index (χ2v) is 9.72. The van der Waals surface area contributed by atoms with Crippen LogP contribution in [0.15, 0.2) is 48.0 Å². The van der Waals surface area contributed by atoms with Crippen LogP contribution in [0.2, 0.25) is 0 Å². The molecule has 2 aromatic rings. The zero-order chi connectivity index (χ0) is 25.8. The normalized spacial score (nSPS) is 20.3. The lowest BCUT2D eigenvalue weighted by molar-refractivity contribution is -0.140. The maximum atomic E-state index is 13.2. The van der Waals surface area contributed by atoms with E-state index in [1.807, 2.05) is 6.92 Å². The Morgan fingerprint density at radius 1 is 1.08 bits per heavy atom. The molecule has 0 spiro atoms. The molecule has 8 nitrogen and oxygen atoms in total. The standard InChI is InChI=1S/C28H34N2O6/c1-18(2)17-36-23-9-6-21(16-19(23)3)26(32)24-25(20-4-7-22(31)8-5-20)30(28(34)27(24)33)11-10-29-12-14-35-15-13-29/h4-9,16,18,25,31-32H,10-15,17H2,1-3H3/b26-24+. The molecule has 4 rings (SSSR count). The number of ketones is 1. The number of aromatic hydroxyl groups is 1.